The lowest BCUT2D eigenvalue weighted by atomic mass is 9.87. The second kappa shape index (κ2) is 9.36. The average Bonchev–Trinajstić information content (AvgIpc) is 3.18. The SMILES string of the molecule is C[C@@H](n1ccn(-c2ccc(OCC(F)(F)C(F)F)cc2)c1=O)[C@@](O)(CO)c1ccccc1F. The molecule has 0 aliphatic rings. The summed E-state index contributed by atoms with van der Waals surface area (Å²) in [6, 6.07) is 9.42. The molecular formula is C22H21F5N2O4. The number of benzene rings is 2. The van der Waals surface area contributed by atoms with E-state index in [2.05, 4.69) is 0 Å². The number of ether oxygens (including phenoxy) is 1. The number of alkyl halides is 4. The van der Waals surface area contributed by atoms with Crippen LogP contribution in [0, 0.1) is 5.82 Å². The molecule has 0 saturated carbocycles. The lowest BCUT2D eigenvalue weighted by molar-refractivity contribution is -0.148. The second-order valence-electron chi connectivity index (χ2n) is 7.44. The van der Waals surface area contributed by atoms with Gasteiger partial charge < -0.3 is 14.9 Å². The molecule has 0 radical (unpaired) electrons. The van der Waals surface area contributed by atoms with Crippen molar-refractivity contribution < 1.29 is 36.9 Å². The Morgan fingerprint density at radius 3 is 2.27 bits per heavy atom. The van der Waals surface area contributed by atoms with Crippen LogP contribution in [0.15, 0.2) is 65.7 Å². The summed E-state index contributed by atoms with van der Waals surface area (Å²) in [5.74, 6) is -5.15. The summed E-state index contributed by atoms with van der Waals surface area (Å²) in [6.07, 6.45) is -1.17. The summed E-state index contributed by atoms with van der Waals surface area (Å²) in [6.45, 7) is -0.926. The molecule has 3 aromatic rings. The third-order valence-corrected chi connectivity index (χ3v) is 5.36. The van der Waals surface area contributed by atoms with E-state index in [1.807, 2.05) is 0 Å². The van der Waals surface area contributed by atoms with E-state index >= 15 is 0 Å². The number of aliphatic hydroxyl groups excluding tert-OH is 1. The Morgan fingerprint density at radius 1 is 1.06 bits per heavy atom. The van der Waals surface area contributed by atoms with Gasteiger partial charge in [0.2, 0.25) is 0 Å². The van der Waals surface area contributed by atoms with Crippen LogP contribution >= 0.6 is 0 Å². The molecule has 2 aromatic carbocycles. The molecule has 178 valence electrons. The maximum absolute atomic E-state index is 14.3. The monoisotopic (exact) mass is 472 g/mol. The molecule has 0 saturated heterocycles. The second-order valence-corrected chi connectivity index (χ2v) is 7.44. The standard InChI is InChI=1S/C22H21F5N2O4/c1-14(21(32,12-30)17-4-2-3-5-18(17)23)28-10-11-29(20(28)31)15-6-8-16(9-7-15)33-13-22(26,27)19(24)25/h2-11,14,19,30,32H,12-13H2,1H3/t14-,21+/m1/s1. The van der Waals surface area contributed by atoms with Crippen LogP contribution in [0.1, 0.15) is 18.5 Å². The van der Waals surface area contributed by atoms with Crippen molar-refractivity contribution in [2.75, 3.05) is 13.2 Å². The molecule has 2 N–H and O–H groups in total. The Morgan fingerprint density at radius 2 is 1.70 bits per heavy atom. The van der Waals surface area contributed by atoms with E-state index in [1.165, 1.54) is 61.8 Å². The summed E-state index contributed by atoms with van der Waals surface area (Å²) < 4.78 is 71.7. The molecule has 0 fully saturated rings. The Balaban J connectivity index is 1.85. The molecule has 11 heteroatoms. The minimum Gasteiger partial charge on any atom is -0.487 e. The fraction of sp³-hybridized carbons (Fsp3) is 0.318. The van der Waals surface area contributed by atoms with Crippen molar-refractivity contribution in [3.05, 3.63) is 82.8 Å². The van der Waals surface area contributed by atoms with Gasteiger partial charge in [-0.05, 0) is 37.3 Å². The number of hydrogen-bond acceptors (Lipinski definition) is 4. The summed E-state index contributed by atoms with van der Waals surface area (Å²) in [4.78, 5) is 12.9. The van der Waals surface area contributed by atoms with E-state index in [1.54, 1.807) is 0 Å². The topological polar surface area (TPSA) is 76.6 Å². The van der Waals surface area contributed by atoms with Gasteiger partial charge in [-0.3, -0.25) is 9.13 Å². The van der Waals surface area contributed by atoms with E-state index in [4.69, 9.17) is 4.74 Å². The third kappa shape index (κ3) is 4.79. The molecule has 0 bridgehead atoms. The first-order valence-corrected chi connectivity index (χ1v) is 9.78. The smallest absolute Gasteiger partial charge is 0.340 e. The van der Waals surface area contributed by atoms with Gasteiger partial charge in [0.1, 0.15) is 17.2 Å². The van der Waals surface area contributed by atoms with Gasteiger partial charge in [-0.2, -0.15) is 8.78 Å². The van der Waals surface area contributed by atoms with Crippen molar-refractivity contribution in [1.82, 2.24) is 9.13 Å². The zero-order valence-electron chi connectivity index (χ0n) is 17.3. The minimum absolute atomic E-state index is 0.103. The van der Waals surface area contributed by atoms with Crippen LogP contribution in [-0.4, -0.2) is 44.9 Å². The zero-order chi connectivity index (χ0) is 24.4. The summed E-state index contributed by atoms with van der Waals surface area (Å²) in [5.41, 5.74) is -2.63. The van der Waals surface area contributed by atoms with Crippen molar-refractivity contribution >= 4 is 0 Å². The highest BCUT2D eigenvalue weighted by molar-refractivity contribution is 5.37. The number of rotatable bonds is 9. The number of aromatic nitrogens is 2. The van der Waals surface area contributed by atoms with Gasteiger partial charge in [0.15, 0.2) is 6.61 Å². The quantitative estimate of drug-likeness (QED) is 0.468. The Labute approximate surface area is 185 Å². The fourth-order valence-corrected chi connectivity index (χ4v) is 3.31. The minimum atomic E-state index is -4.30. The third-order valence-electron chi connectivity index (χ3n) is 5.36. The molecule has 2 atom stereocenters. The molecule has 0 unspecified atom stereocenters. The molecule has 1 aromatic heterocycles. The number of halogens is 5. The van der Waals surface area contributed by atoms with E-state index in [9.17, 15) is 37.0 Å². The van der Waals surface area contributed by atoms with Crippen molar-refractivity contribution in [2.24, 2.45) is 0 Å². The largest absolute Gasteiger partial charge is 0.487 e. The number of imidazole rings is 1. The predicted molar refractivity (Wildman–Crippen MR) is 109 cm³/mol. The molecule has 0 amide bonds. The first-order chi connectivity index (χ1) is 15.5. The van der Waals surface area contributed by atoms with Crippen LogP contribution in [-0.2, 0) is 5.60 Å². The van der Waals surface area contributed by atoms with Crippen molar-refractivity contribution in [2.45, 2.75) is 30.9 Å². The van der Waals surface area contributed by atoms with Crippen LogP contribution < -0.4 is 10.4 Å². The van der Waals surface area contributed by atoms with Gasteiger partial charge in [-0.15, -0.1) is 0 Å². The van der Waals surface area contributed by atoms with Crippen molar-refractivity contribution in [1.29, 1.82) is 0 Å². The van der Waals surface area contributed by atoms with Crippen LogP contribution in [0.4, 0.5) is 22.0 Å². The van der Waals surface area contributed by atoms with Crippen LogP contribution in [0.2, 0.25) is 0 Å². The number of hydrogen-bond donors (Lipinski definition) is 2. The molecule has 6 nitrogen and oxygen atoms in total. The molecule has 0 spiro atoms. The van der Waals surface area contributed by atoms with Crippen LogP contribution in [0.25, 0.3) is 5.69 Å². The lowest BCUT2D eigenvalue weighted by Gasteiger charge is -2.33. The van der Waals surface area contributed by atoms with Gasteiger partial charge in [-0.25, -0.2) is 18.0 Å². The summed E-state index contributed by atoms with van der Waals surface area (Å²) >= 11 is 0. The van der Waals surface area contributed by atoms with E-state index in [0.717, 1.165) is 15.2 Å². The van der Waals surface area contributed by atoms with Crippen molar-refractivity contribution in [3.8, 4) is 11.4 Å². The first-order valence-electron chi connectivity index (χ1n) is 9.78. The molecule has 0 aliphatic heterocycles. The van der Waals surface area contributed by atoms with Crippen molar-refractivity contribution in [3.63, 3.8) is 0 Å². The highest BCUT2D eigenvalue weighted by atomic mass is 19.3. The van der Waals surface area contributed by atoms with Gasteiger partial charge in [0, 0.05) is 18.0 Å². The first kappa shape index (κ1) is 24.5. The van der Waals surface area contributed by atoms with Gasteiger partial charge in [0.25, 0.3) is 0 Å². The van der Waals surface area contributed by atoms with E-state index < -0.39 is 48.7 Å². The van der Waals surface area contributed by atoms with Crippen LogP contribution in [0.3, 0.4) is 0 Å². The molecular weight excluding hydrogens is 451 g/mol. The number of aliphatic hydroxyl groups is 2. The highest BCUT2D eigenvalue weighted by Gasteiger charge is 2.42. The summed E-state index contributed by atoms with van der Waals surface area (Å²) in [7, 11) is 0. The van der Waals surface area contributed by atoms with Gasteiger partial charge >= 0.3 is 18.0 Å². The molecule has 0 aliphatic carbocycles. The molecule has 33 heavy (non-hydrogen) atoms. The van der Waals surface area contributed by atoms with Gasteiger partial charge in [0.05, 0.1) is 18.3 Å². The normalized spacial score (nSPS) is 14.8. The lowest BCUT2D eigenvalue weighted by Crippen LogP contribution is -2.43. The van der Waals surface area contributed by atoms with E-state index in [-0.39, 0.29) is 17.0 Å². The zero-order valence-corrected chi connectivity index (χ0v) is 17.3. The Kier molecular flexibility index (Phi) is 6.94. The average molecular weight is 472 g/mol. The maximum Gasteiger partial charge on any atom is 0.340 e. The van der Waals surface area contributed by atoms with Gasteiger partial charge in [-0.1, -0.05) is 18.2 Å². The Hall–Kier alpha value is -3.18. The number of nitrogens with zero attached hydrogens (tertiary/aromatic N) is 2. The molecule has 3 rings (SSSR count). The maximum atomic E-state index is 14.3. The van der Waals surface area contributed by atoms with E-state index in [0.29, 0.717) is 0 Å². The fourth-order valence-electron chi connectivity index (χ4n) is 3.31. The highest BCUT2D eigenvalue weighted by Crippen LogP contribution is 2.34. The summed E-state index contributed by atoms with van der Waals surface area (Å²) in [5, 5.41) is 20.8. The van der Waals surface area contributed by atoms with Crippen LogP contribution in [0.5, 0.6) is 5.75 Å². The Bertz CT molecular complexity index is 1150. The predicted octanol–water partition coefficient (Wildman–Crippen LogP) is 3.50. The molecule has 1 heterocycles.